The van der Waals surface area contributed by atoms with Gasteiger partial charge < -0.3 is 10.1 Å². The molecule has 0 bridgehead atoms. The Morgan fingerprint density at radius 3 is 2.67 bits per heavy atom. The Morgan fingerprint density at radius 2 is 2.05 bits per heavy atom. The van der Waals surface area contributed by atoms with Crippen LogP contribution in [0.2, 0.25) is 10.0 Å². The van der Waals surface area contributed by atoms with Gasteiger partial charge in [0, 0.05) is 17.8 Å². The van der Waals surface area contributed by atoms with Gasteiger partial charge in [-0.2, -0.15) is 5.10 Å². The van der Waals surface area contributed by atoms with Crippen LogP contribution in [-0.4, -0.2) is 22.3 Å². The third-order valence-electron chi connectivity index (χ3n) is 2.75. The van der Waals surface area contributed by atoms with Crippen LogP contribution in [0.5, 0.6) is 5.75 Å². The van der Waals surface area contributed by atoms with E-state index in [4.69, 9.17) is 27.9 Å². The number of halogens is 2. The van der Waals surface area contributed by atoms with Gasteiger partial charge in [0.2, 0.25) is 0 Å². The van der Waals surface area contributed by atoms with Crippen LogP contribution in [-0.2, 0) is 17.9 Å². The van der Waals surface area contributed by atoms with Crippen molar-refractivity contribution >= 4 is 29.1 Å². The molecule has 0 saturated heterocycles. The molecular weight excluding hydrogens is 313 g/mol. The highest BCUT2D eigenvalue weighted by Crippen LogP contribution is 2.15. The van der Waals surface area contributed by atoms with Crippen molar-refractivity contribution < 1.29 is 9.53 Å². The number of carbonyl (C=O) groups is 1. The van der Waals surface area contributed by atoms with E-state index < -0.39 is 0 Å². The fourth-order valence-electron chi connectivity index (χ4n) is 1.63. The molecule has 1 N–H and O–H groups in total. The molecule has 112 valence electrons. The molecule has 0 aliphatic carbocycles. The van der Waals surface area contributed by atoms with Crippen molar-refractivity contribution in [3.8, 4) is 5.75 Å². The first-order valence-corrected chi connectivity index (χ1v) is 7.21. The lowest BCUT2D eigenvalue weighted by Crippen LogP contribution is -2.28. The molecule has 0 aliphatic rings. The summed E-state index contributed by atoms with van der Waals surface area (Å²) in [5.74, 6) is 0.343. The molecule has 0 fully saturated rings. The summed E-state index contributed by atoms with van der Waals surface area (Å²) < 4.78 is 7.05. The lowest BCUT2D eigenvalue weighted by Gasteiger charge is -2.06. The second-order valence-electron chi connectivity index (χ2n) is 4.30. The lowest BCUT2D eigenvalue weighted by atomic mass is 10.3. The van der Waals surface area contributed by atoms with E-state index in [1.807, 2.05) is 6.92 Å². The van der Waals surface area contributed by atoms with Crippen molar-refractivity contribution in [2.75, 3.05) is 6.61 Å². The average molecular weight is 328 g/mol. The van der Waals surface area contributed by atoms with Crippen molar-refractivity contribution in [1.29, 1.82) is 0 Å². The van der Waals surface area contributed by atoms with Gasteiger partial charge in [0.25, 0.3) is 5.91 Å². The number of hydrogen-bond acceptors (Lipinski definition) is 3. The van der Waals surface area contributed by atoms with E-state index in [2.05, 4.69) is 10.4 Å². The quantitative estimate of drug-likeness (QED) is 0.887. The van der Waals surface area contributed by atoms with Crippen LogP contribution in [0.15, 0.2) is 30.5 Å². The minimum absolute atomic E-state index is 0.0757. The summed E-state index contributed by atoms with van der Waals surface area (Å²) in [7, 11) is 0. The molecular formula is C14H15Cl2N3O2. The molecule has 0 radical (unpaired) electrons. The fourth-order valence-corrected chi connectivity index (χ4v) is 1.98. The van der Waals surface area contributed by atoms with Gasteiger partial charge in [-0.3, -0.25) is 9.48 Å². The van der Waals surface area contributed by atoms with Crippen LogP contribution in [0.4, 0.5) is 0 Å². The molecule has 1 amide bonds. The van der Waals surface area contributed by atoms with Crippen molar-refractivity contribution in [2.24, 2.45) is 0 Å². The molecule has 0 atom stereocenters. The first kappa shape index (κ1) is 15.7. The Labute approximate surface area is 132 Å². The maximum atomic E-state index is 11.7. The van der Waals surface area contributed by atoms with Crippen LogP contribution in [0, 0.1) is 0 Å². The van der Waals surface area contributed by atoms with Crippen molar-refractivity contribution in [3.05, 3.63) is 46.2 Å². The lowest BCUT2D eigenvalue weighted by molar-refractivity contribution is -0.123. The molecule has 7 heteroatoms. The maximum absolute atomic E-state index is 11.7. The number of amides is 1. The van der Waals surface area contributed by atoms with Crippen LogP contribution in [0.1, 0.15) is 12.6 Å². The minimum Gasteiger partial charge on any atom is -0.484 e. The van der Waals surface area contributed by atoms with Crippen LogP contribution in [0.3, 0.4) is 0 Å². The van der Waals surface area contributed by atoms with Gasteiger partial charge in [-0.15, -0.1) is 0 Å². The standard InChI is InChI=1S/C14H15Cl2N3O2/c1-2-19-8-12(16)13(18-19)7-17-14(20)9-21-11-5-3-10(15)4-6-11/h3-6,8H,2,7,9H2,1H3,(H,17,20). The van der Waals surface area contributed by atoms with E-state index in [1.54, 1.807) is 35.1 Å². The number of rotatable bonds is 6. The number of aryl methyl sites for hydroxylation is 1. The first-order chi connectivity index (χ1) is 10.1. The zero-order valence-corrected chi connectivity index (χ0v) is 13.0. The monoisotopic (exact) mass is 327 g/mol. The number of nitrogens with one attached hydrogen (secondary N) is 1. The third kappa shape index (κ3) is 4.65. The number of carbonyl (C=O) groups excluding carboxylic acids is 1. The van der Waals surface area contributed by atoms with E-state index in [-0.39, 0.29) is 19.1 Å². The Bertz CT molecular complexity index is 611. The molecule has 21 heavy (non-hydrogen) atoms. The van der Waals surface area contributed by atoms with Crippen LogP contribution in [0.25, 0.3) is 0 Å². The molecule has 0 aliphatic heterocycles. The SMILES string of the molecule is CCn1cc(Cl)c(CNC(=O)COc2ccc(Cl)cc2)n1. The highest BCUT2D eigenvalue weighted by molar-refractivity contribution is 6.31. The normalized spacial score (nSPS) is 10.4. The summed E-state index contributed by atoms with van der Waals surface area (Å²) in [6.07, 6.45) is 1.73. The highest BCUT2D eigenvalue weighted by atomic mass is 35.5. The summed E-state index contributed by atoms with van der Waals surface area (Å²) in [4.78, 5) is 11.7. The zero-order valence-electron chi connectivity index (χ0n) is 11.5. The number of benzene rings is 1. The smallest absolute Gasteiger partial charge is 0.258 e. The summed E-state index contributed by atoms with van der Waals surface area (Å²) in [5, 5.41) is 8.11. The first-order valence-electron chi connectivity index (χ1n) is 6.45. The average Bonchev–Trinajstić information content (AvgIpc) is 2.85. The Kier molecular flexibility index (Phi) is 5.47. The molecule has 0 saturated carbocycles. The van der Waals surface area contributed by atoms with Gasteiger partial charge in [0.15, 0.2) is 6.61 Å². The van der Waals surface area contributed by atoms with Crippen molar-refractivity contribution in [2.45, 2.75) is 20.0 Å². The fraction of sp³-hybridized carbons (Fsp3) is 0.286. The Hall–Kier alpha value is -1.72. The van der Waals surface area contributed by atoms with E-state index in [9.17, 15) is 4.79 Å². The van der Waals surface area contributed by atoms with E-state index in [0.717, 1.165) is 6.54 Å². The molecule has 1 aromatic carbocycles. The summed E-state index contributed by atoms with van der Waals surface area (Å²) in [6, 6.07) is 6.81. The zero-order chi connectivity index (χ0) is 15.2. The molecule has 5 nitrogen and oxygen atoms in total. The van der Waals surface area contributed by atoms with E-state index in [1.165, 1.54) is 0 Å². The van der Waals surface area contributed by atoms with E-state index >= 15 is 0 Å². The van der Waals surface area contributed by atoms with Gasteiger partial charge in [-0.05, 0) is 31.2 Å². The molecule has 2 aromatic rings. The van der Waals surface area contributed by atoms with Gasteiger partial charge in [-0.25, -0.2) is 0 Å². The summed E-state index contributed by atoms with van der Waals surface area (Å²) >= 11 is 11.8. The minimum atomic E-state index is -0.243. The van der Waals surface area contributed by atoms with Crippen molar-refractivity contribution in [1.82, 2.24) is 15.1 Å². The van der Waals surface area contributed by atoms with Gasteiger partial charge >= 0.3 is 0 Å². The topological polar surface area (TPSA) is 56.2 Å². The summed E-state index contributed by atoms with van der Waals surface area (Å²) in [6.45, 7) is 2.89. The predicted octanol–water partition coefficient (Wildman–Crippen LogP) is 2.91. The molecule has 1 heterocycles. The molecule has 1 aromatic heterocycles. The second-order valence-corrected chi connectivity index (χ2v) is 5.14. The maximum Gasteiger partial charge on any atom is 0.258 e. The van der Waals surface area contributed by atoms with Gasteiger partial charge in [0.05, 0.1) is 11.6 Å². The predicted molar refractivity (Wildman–Crippen MR) is 81.7 cm³/mol. The van der Waals surface area contributed by atoms with Gasteiger partial charge in [-0.1, -0.05) is 23.2 Å². The Morgan fingerprint density at radius 1 is 1.33 bits per heavy atom. The van der Waals surface area contributed by atoms with E-state index in [0.29, 0.717) is 21.5 Å². The Balaban J connectivity index is 1.79. The molecule has 2 rings (SSSR count). The second kappa shape index (κ2) is 7.33. The van der Waals surface area contributed by atoms with Crippen LogP contribution >= 0.6 is 23.2 Å². The largest absolute Gasteiger partial charge is 0.484 e. The number of hydrogen-bond donors (Lipinski definition) is 1. The number of nitrogens with zero attached hydrogens (tertiary/aromatic N) is 2. The number of aromatic nitrogens is 2. The van der Waals surface area contributed by atoms with Crippen molar-refractivity contribution in [3.63, 3.8) is 0 Å². The number of ether oxygens (including phenoxy) is 1. The summed E-state index contributed by atoms with van der Waals surface area (Å²) in [5.41, 5.74) is 0.637. The van der Waals surface area contributed by atoms with Gasteiger partial charge in [0.1, 0.15) is 11.4 Å². The molecule has 0 unspecified atom stereocenters. The molecule has 0 spiro atoms. The van der Waals surface area contributed by atoms with Crippen LogP contribution < -0.4 is 10.1 Å². The highest BCUT2D eigenvalue weighted by Gasteiger charge is 2.08. The third-order valence-corrected chi connectivity index (χ3v) is 3.32.